The number of methoxy groups -OCH3 is 1. The Labute approximate surface area is 210 Å². The smallest absolute Gasteiger partial charge is 0.337 e. The minimum atomic E-state index is -0.333. The molecule has 36 heavy (non-hydrogen) atoms. The Morgan fingerprint density at radius 3 is 2.44 bits per heavy atom. The molecule has 7 heteroatoms. The van der Waals surface area contributed by atoms with Crippen LogP contribution in [-0.4, -0.2) is 52.7 Å². The third-order valence-electron chi connectivity index (χ3n) is 7.04. The fourth-order valence-electron chi connectivity index (χ4n) is 5.15. The number of fused-ring (bicyclic) bond motifs is 1. The lowest BCUT2D eigenvalue weighted by atomic mass is 10.1. The van der Waals surface area contributed by atoms with Crippen LogP contribution < -0.4 is 4.90 Å². The van der Waals surface area contributed by atoms with Gasteiger partial charge in [-0.1, -0.05) is 24.3 Å². The van der Waals surface area contributed by atoms with Gasteiger partial charge < -0.3 is 14.2 Å². The molecule has 0 aliphatic carbocycles. The molecule has 0 N–H and O–H groups in total. The number of anilines is 1. The van der Waals surface area contributed by atoms with Gasteiger partial charge in [0, 0.05) is 49.8 Å². The molecule has 2 aromatic carbocycles. The largest absolute Gasteiger partial charge is 0.465 e. The predicted octanol–water partition coefficient (Wildman–Crippen LogP) is 5.11. The van der Waals surface area contributed by atoms with E-state index >= 15 is 0 Å². The molecular formula is C29H31FN4O2. The molecule has 4 aromatic rings. The van der Waals surface area contributed by atoms with E-state index in [0.29, 0.717) is 24.2 Å². The van der Waals surface area contributed by atoms with Crippen molar-refractivity contribution in [1.82, 2.24) is 14.5 Å². The maximum Gasteiger partial charge on any atom is 0.337 e. The zero-order chi connectivity index (χ0) is 25.2. The summed E-state index contributed by atoms with van der Waals surface area (Å²) in [5.74, 6) is -0.517. The predicted molar refractivity (Wildman–Crippen MR) is 140 cm³/mol. The molecule has 0 radical (unpaired) electrons. The van der Waals surface area contributed by atoms with E-state index in [2.05, 4.69) is 46.5 Å². The summed E-state index contributed by atoms with van der Waals surface area (Å²) in [6, 6.07) is 19.3. The van der Waals surface area contributed by atoms with E-state index < -0.39 is 0 Å². The molecule has 1 fully saturated rings. The molecule has 5 rings (SSSR count). The first kappa shape index (κ1) is 24.0. The van der Waals surface area contributed by atoms with Gasteiger partial charge in [0.1, 0.15) is 11.5 Å². The first-order valence-electron chi connectivity index (χ1n) is 12.3. The molecule has 6 nitrogen and oxygen atoms in total. The van der Waals surface area contributed by atoms with Crippen molar-refractivity contribution < 1.29 is 13.9 Å². The van der Waals surface area contributed by atoms with E-state index in [1.54, 1.807) is 24.3 Å². The van der Waals surface area contributed by atoms with Gasteiger partial charge in [-0.3, -0.25) is 4.90 Å². The number of aromatic nitrogens is 2. The molecule has 2 unspecified atom stereocenters. The molecule has 2 atom stereocenters. The lowest BCUT2D eigenvalue weighted by Crippen LogP contribution is -2.56. The summed E-state index contributed by atoms with van der Waals surface area (Å²) in [5.41, 5.74) is 4.68. The van der Waals surface area contributed by atoms with Crippen LogP contribution in [0.15, 0.2) is 73.1 Å². The number of carbonyl (C=O) groups is 1. The second-order valence-electron chi connectivity index (χ2n) is 9.64. The van der Waals surface area contributed by atoms with Crippen LogP contribution in [0, 0.1) is 5.82 Å². The van der Waals surface area contributed by atoms with E-state index in [-0.39, 0.29) is 11.8 Å². The van der Waals surface area contributed by atoms with Crippen LogP contribution in [0.25, 0.3) is 11.0 Å². The summed E-state index contributed by atoms with van der Waals surface area (Å²) in [4.78, 5) is 21.3. The first-order valence-corrected chi connectivity index (χ1v) is 12.3. The van der Waals surface area contributed by atoms with Crippen LogP contribution in [-0.2, 0) is 17.8 Å². The van der Waals surface area contributed by atoms with E-state index in [0.717, 1.165) is 47.5 Å². The number of piperazine rings is 1. The molecular weight excluding hydrogens is 455 g/mol. The van der Waals surface area contributed by atoms with E-state index in [1.807, 2.05) is 24.4 Å². The maximum atomic E-state index is 13.7. The summed E-state index contributed by atoms with van der Waals surface area (Å²) in [5, 5.41) is 1.10. The average Bonchev–Trinajstić information content (AvgIpc) is 3.28. The van der Waals surface area contributed by atoms with Crippen molar-refractivity contribution in [2.45, 2.75) is 39.0 Å². The fraction of sp³-hybridized carbons (Fsp3) is 0.310. The zero-order valence-electron chi connectivity index (χ0n) is 20.9. The van der Waals surface area contributed by atoms with Gasteiger partial charge in [-0.2, -0.15) is 0 Å². The van der Waals surface area contributed by atoms with Crippen molar-refractivity contribution >= 4 is 22.7 Å². The summed E-state index contributed by atoms with van der Waals surface area (Å²) in [6.45, 7) is 7.66. The second-order valence-corrected chi connectivity index (χ2v) is 9.64. The SMILES string of the molecule is COC(=O)c1ccc(Cn2ccc3cc(N4CC(C)N(Cc5cccc(F)c5)C(C)C4)cnc32)cc1. The highest BCUT2D eigenvalue weighted by molar-refractivity contribution is 5.89. The normalized spacial score (nSPS) is 18.5. The number of pyridine rings is 1. The van der Waals surface area contributed by atoms with Crippen molar-refractivity contribution in [1.29, 1.82) is 0 Å². The Morgan fingerprint density at radius 1 is 1.00 bits per heavy atom. The third-order valence-corrected chi connectivity index (χ3v) is 7.04. The number of benzene rings is 2. The number of hydrogen-bond donors (Lipinski definition) is 0. The lowest BCUT2D eigenvalue weighted by molar-refractivity contribution is 0.0600. The van der Waals surface area contributed by atoms with Crippen molar-refractivity contribution in [3.63, 3.8) is 0 Å². The molecule has 0 amide bonds. The maximum absolute atomic E-state index is 13.7. The topological polar surface area (TPSA) is 50.6 Å². The highest BCUT2D eigenvalue weighted by atomic mass is 19.1. The van der Waals surface area contributed by atoms with Crippen molar-refractivity contribution in [2.75, 3.05) is 25.1 Å². The highest BCUT2D eigenvalue weighted by Gasteiger charge is 2.30. The summed E-state index contributed by atoms with van der Waals surface area (Å²) in [6.07, 6.45) is 4.01. The standard InChI is InChI=1S/C29H31FN4O2/c1-20-16-33(17-21(2)34(20)19-23-5-4-6-26(30)13-23)27-14-25-11-12-32(28(25)31-15-27)18-22-7-9-24(10-8-22)29(35)36-3/h4-15,20-21H,16-19H2,1-3H3. The van der Waals surface area contributed by atoms with Crippen LogP contribution in [0.5, 0.6) is 0 Å². The molecule has 0 bridgehead atoms. The Bertz CT molecular complexity index is 1360. The number of esters is 1. The number of rotatable bonds is 6. The molecule has 3 heterocycles. The van der Waals surface area contributed by atoms with Crippen LogP contribution in [0.3, 0.4) is 0 Å². The van der Waals surface area contributed by atoms with Gasteiger partial charge in [-0.25, -0.2) is 14.2 Å². The third kappa shape index (κ3) is 4.97. The van der Waals surface area contributed by atoms with Gasteiger partial charge in [-0.05, 0) is 61.4 Å². The fourth-order valence-corrected chi connectivity index (χ4v) is 5.15. The van der Waals surface area contributed by atoms with Crippen LogP contribution in [0.2, 0.25) is 0 Å². The Balaban J connectivity index is 1.28. The number of carbonyl (C=O) groups excluding carboxylic acids is 1. The van der Waals surface area contributed by atoms with Gasteiger partial charge in [0.25, 0.3) is 0 Å². The van der Waals surface area contributed by atoms with Crippen molar-refractivity contribution in [3.8, 4) is 0 Å². The molecule has 1 saturated heterocycles. The number of hydrogen-bond acceptors (Lipinski definition) is 5. The van der Waals surface area contributed by atoms with Crippen LogP contribution in [0.4, 0.5) is 10.1 Å². The van der Waals surface area contributed by atoms with Gasteiger partial charge in [0.15, 0.2) is 0 Å². The number of nitrogens with zero attached hydrogens (tertiary/aromatic N) is 4. The van der Waals surface area contributed by atoms with E-state index in [1.165, 1.54) is 13.2 Å². The molecule has 2 aromatic heterocycles. The summed E-state index contributed by atoms with van der Waals surface area (Å²) < 4.78 is 20.6. The molecule has 0 saturated carbocycles. The molecule has 186 valence electrons. The minimum absolute atomic E-state index is 0.184. The summed E-state index contributed by atoms with van der Waals surface area (Å²) in [7, 11) is 1.39. The van der Waals surface area contributed by atoms with E-state index in [9.17, 15) is 9.18 Å². The van der Waals surface area contributed by atoms with Gasteiger partial charge >= 0.3 is 5.97 Å². The van der Waals surface area contributed by atoms with Gasteiger partial charge in [-0.15, -0.1) is 0 Å². The molecule has 1 aliphatic rings. The number of halogens is 1. The van der Waals surface area contributed by atoms with Gasteiger partial charge in [0.05, 0.1) is 24.6 Å². The minimum Gasteiger partial charge on any atom is -0.465 e. The van der Waals surface area contributed by atoms with Gasteiger partial charge in [0.2, 0.25) is 0 Å². The second kappa shape index (κ2) is 10.1. The quantitative estimate of drug-likeness (QED) is 0.355. The lowest BCUT2D eigenvalue weighted by Gasteiger charge is -2.45. The average molecular weight is 487 g/mol. The monoisotopic (exact) mass is 486 g/mol. The van der Waals surface area contributed by atoms with Crippen molar-refractivity contribution in [2.24, 2.45) is 0 Å². The van der Waals surface area contributed by atoms with E-state index in [4.69, 9.17) is 9.72 Å². The Kier molecular flexibility index (Phi) is 6.74. The van der Waals surface area contributed by atoms with Crippen molar-refractivity contribution in [3.05, 3.63) is 95.6 Å². The molecule has 1 aliphatic heterocycles. The Morgan fingerprint density at radius 2 is 1.75 bits per heavy atom. The van der Waals surface area contributed by atoms with Crippen LogP contribution in [0.1, 0.15) is 35.3 Å². The number of ether oxygens (including phenoxy) is 1. The summed E-state index contributed by atoms with van der Waals surface area (Å²) >= 11 is 0. The van der Waals surface area contributed by atoms with Crippen LogP contribution >= 0.6 is 0 Å². The first-order chi connectivity index (χ1) is 17.4. The zero-order valence-corrected chi connectivity index (χ0v) is 20.9. The highest BCUT2D eigenvalue weighted by Crippen LogP contribution is 2.27. The Hall–Kier alpha value is -3.71. The molecule has 0 spiro atoms.